The number of aliphatic hydroxyl groups excluding tert-OH is 1. The highest BCUT2D eigenvalue weighted by Gasteiger charge is 2.20. The lowest BCUT2D eigenvalue weighted by molar-refractivity contribution is -0.123. The van der Waals surface area contributed by atoms with E-state index in [2.05, 4.69) is 5.32 Å². The fraction of sp³-hybridized carbons (Fsp3) is 0.533. The minimum absolute atomic E-state index is 0.0484. The first-order chi connectivity index (χ1) is 9.67. The number of carbonyl (C=O) groups excluding carboxylic acids is 1. The Hall–Kier alpha value is -1.59. The summed E-state index contributed by atoms with van der Waals surface area (Å²) in [6.07, 6.45) is 3.02. The van der Waals surface area contributed by atoms with Gasteiger partial charge in [-0.15, -0.1) is 0 Å². The molecule has 2 N–H and O–H groups in total. The van der Waals surface area contributed by atoms with E-state index < -0.39 is 0 Å². The molecule has 1 saturated carbocycles. The van der Waals surface area contributed by atoms with E-state index in [1.807, 2.05) is 0 Å². The summed E-state index contributed by atoms with van der Waals surface area (Å²) in [6, 6.07) is 7.15. The summed E-state index contributed by atoms with van der Waals surface area (Å²) in [5.74, 6) is 0.585. The van der Waals surface area contributed by atoms with Crippen molar-refractivity contribution in [3.05, 3.63) is 24.3 Å². The molecule has 5 nitrogen and oxygen atoms in total. The largest absolute Gasteiger partial charge is 0.497 e. The van der Waals surface area contributed by atoms with Gasteiger partial charge < -0.3 is 19.9 Å². The van der Waals surface area contributed by atoms with Gasteiger partial charge in [0.1, 0.15) is 12.4 Å². The summed E-state index contributed by atoms with van der Waals surface area (Å²) in [5, 5.41) is 12.2. The molecule has 0 spiro atoms. The van der Waals surface area contributed by atoms with Crippen LogP contribution in [0.1, 0.15) is 25.7 Å². The second-order valence-corrected chi connectivity index (χ2v) is 5.02. The summed E-state index contributed by atoms with van der Waals surface area (Å²) in [4.78, 5) is 11.8. The zero-order valence-electron chi connectivity index (χ0n) is 11.7. The molecule has 1 aromatic rings. The molecule has 1 aromatic carbocycles. The van der Waals surface area contributed by atoms with E-state index in [1.54, 1.807) is 31.4 Å². The quantitative estimate of drug-likeness (QED) is 0.864. The van der Waals surface area contributed by atoms with Gasteiger partial charge in [-0.3, -0.25) is 4.79 Å². The van der Waals surface area contributed by atoms with E-state index >= 15 is 0 Å². The molecular formula is C15H21NO4. The summed E-state index contributed by atoms with van der Waals surface area (Å²) < 4.78 is 10.6. The lowest BCUT2D eigenvalue weighted by atomic mass is 9.95. The van der Waals surface area contributed by atoms with Crippen LogP contribution < -0.4 is 10.1 Å². The van der Waals surface area contributed by atoms with Gasteiger partial charge in [0.2, 0.25) is 5.91 Å². The summed E-state index contributed by atoms with van der Waals surface area (Å²) in [6.45, 7) is 0.0484. The topological polar surface area (TPSA) is 67.8 Å². The van der Waals surface area contributed by atoms with E-state index in [1.165, 1.54) is 0 Å². The first-order valence-electron chi connectivity index (χ1n) is 6.91. The molecule has 2 rings (SSSR count). The maximum Gasteiger partial charge on any atom is 0.250 e. The molecule has 0 atom stereocenters. The Morgan fingerprint density at radius 2 is 1.90 bits per heavy atom. The standard InChI is InChI=1S/C15H21NO4/c1-19-13-6-2-11(3-7-13)16-15(18)10-20-14-8-4-12(17)5-9-14/h2-3,6-7,12,14,17H,4-5,8-10H2,1H3,(H,16,18). The second kappa shape index (κ2) is 7.26. The molecule has 0 aliphatic heterocycles. The van der Waals surface area contributed by atoms with Crippen LogP contribution in [0.3, 0.4) is 0 Å². The SMILES string of the molecule is COc1ccc(NC(=O)COC2CCC(O)CC2)cc1. The normalized spacial score (nSPS) is 22.3. The van der Waals surface area contributed by atoms with E-state index in [9.17, 15) is 9.90 Å². The number of methoxy groups -OCH3 is 1. The van der Waals surface area contributed by atoms with Crippen molar-refractivity contribution < 1.29 is 19.4 Å². The molecule has 1 aliphatic carbocycles. The van der Waals surface area contributed by atoms with Gasteiger partial charge in [0, 0.05) is 5.69 Å². The number of anilines is 1. The van der Waals surface area contributed by atoms with E-state index in [0.29, 0.717) is 0 Å². The Kier molecular flexibility index (Phi) is 5.38. The van der Waals surface area contributed by atoms with E-state index in [4.69, 9.17) is 9.47 Å². The van der Waals surface area contributed by atoms with Crippen molar-refractivity contribution in [2.24, 2.45) is 0 Å². The number of amides is 1. The average molecular weight is 279 g/mol. The molecular weight excluding hydrogens is 258 g/mol. The summed E-state index contributed by atoms with van der Waals surface area (Å²) >= 11 is 0. The molecule has 0 saturated heterocycles. The van der Waals surface area contributed by atoms with Crippen LogP contribution in [0, 0.1) is 0 Å². The van der Waals surface area contributed by atoms with Gasteiger partial charge >= 0.3 is 0 Å². The minimum Gasteiger partial charge on any atom is -0.497 e. The van der Waals surface area contributed by atoms with Crippen LogP contribution in [0.15, 0.2) is 24.3 Å². The number of rotatable bonds is 5. The Morgan fingerprint density at radius 1 is 1.25 bits per heavy atom. The predicted molar refractivity (Wildman–Crippen MR) is 75.8 cm³/mol. The highest BCUT2D eigenvalue weighted by atomic mass is 16.5. The van der Waals surface area contributed by atoms with Crippen LogP contribution in [-0.4, -0.2) is 36.9 Å². The third-order valence-corrected chi connectivity index (χ3v) is 3.47. The molecule has 1 aliphatic rings. The van der Waals surface area contributed by atoms with E-state index in [-0.39, 0.29) is 24.7 Å². The number of aliphatic hydroxyl groups is 1. The fourth-order valence-electron chi connectivity index (χ4n) is 2.28. The first-order valence-corrected chi connectivity index (χ1v) is 6.91. The molecule has 0 heterocycles. The molecule has 20 heavy (non-hydrogen) atoms. The van der Waals surface area contributed by atoms with Crippen molar-refractivity contribution >= 4 is 11.6 Å². The highest BCUT2D eigenvalue weighted by Crippen LogP contribution is 2.21. The third kappa shape index (κ3) is 4.51. The number of nitrogens with one attached hydrogen (secondary N) is 1. The third-order valence-electron chi connectivity index (χ3n) is 3.47. The molecule has 110 valence electrons. The zero-order valence-corrected chi connectivity index (χ0v) is 11.7. The van der Waals surface area contributed by atoms with Gasteiger partial charge in [0.25, 0.3) is 0 Å². The number of carbonyl (C=O) groups is 1. The van der Waals surface area contributed by atoms with Crippen molar-refractivity contribution in [3.63, 3.8) is 0 Å². The Morgan fingerprint density at radius 3 is 2.50 bits per heavy atom. The van der Waals surface area contributed by atoms with Crippen LogP contribution >= 0.6 is 0 Å². The molecule has 1 fully saturated rings. The summed E-state index contributed by atoms with van der Waals surface area (Å²) in [7, 11) is 1.60. The zero-order chi connectivity index (χ0) is 14.4. The Balaban J connectivity index is 1.72. The van der Waals surface area contributed by atoms with Crippen LogP contribution in [-0.2, 0) is 9.53 Å². The maximum absolute atomic E-state index is 11.8. The van der Waals surface area contributed by atoms with Crippen LogP contribution in [0.5, 0.6) is 5.75 Å². The smallest absolute Gasteiger partial charge is 0.250 e. The number of ether oxygens (including phenoxy) is 2. The van der Waals surface area contributed by atoms with E-state index in [0.717, 1.165) is 37.1 Å². The predicted octanol–water partition coefficient (Wildman–Crippen LogP) is 1.95. The van der Waals surface area contributed by atoms with Gasteiger partial charge in [-0.1, -0.05) is 0 Å². The fourth-order valence-corrected chi connectivity index (χ4v) is 2.28. The van der Waals surface area contributed by atoms with Crippen LogP contribution in [0.25, 0.3) is 0 Å². The molecule has 0 unspecified atom stereocenters. The van der Waals surface area contributed by atoms with Gasteiger partial charge in [-0.25, -0.2) is 0 Å². The lowest BCUT2D eigenvalue weighted by Crippen LogP contribution is -2.28. The van der Waals surface area contributed by atoms with Gasteiger partial charge in [0.05, 0.1) is 19.3 Å². The summed E-state index contributed by atoms with van der Waals surface area (Å²) in [5.41, 5.74) is 0.721. The second-order valence-electron chi connectivity index (χ2n) is 5.02. The molecule has 0 radical (unpaired) electrons. The van der Waals surface area contributed by atoms with Gasteiger partial charge in [0.15, 0.2) is 0 Å². The number of hydrogen-bond acceptors (Lipinski definition) is 4. The van der Waals surface area contributed by atoms with Gasteiger partial charge in [-0.2, -0.15) is 0 Å². The van der Waals surface area contributed by atoms with Crippen molar-refractivity contribution in [2.75, 3.05) is 19.0 Å². The molecule has 0 bridgehead atoms. The number of benzene rings is 1. The Bertz CT molecular complexity index is 424. The van der Waals surface area contributed by atoms with Crippen molar-refractivity contribution in [1.29, 1.82) is 0 Å². The highest BCUT2D eigenvalue weighted by molar-refractivity contribution is 5.91. The number of hydrogen-bond donors (Lipinski definition) is 2. The van der Waals surface area contributed by atoms with Crippen molar-refractivity contribution in [3.8, 4) is 5.75 Å². The van der Waals surface area contributed by atoms with Crippen molar-refractivity contribution in [1.82, 2.24) is 0 Å². The first kappa shape index (κ1) is 14.8. The molecule has 5 heteroatoms. The molecule has 0 aromatic heterocycles. The monoisotopic (exact) mass is 279 g/mol. The van der Waals surface area contributed by atoms with Gasteiger partial charge in [-0.05, 0) is 49.9 Å². The average Bonchev–Trinajstić information content (AvgIpc) is 2.47. The minimum atomic E-state index is -0.206. The van der Waals surface area contributed by atoms with Crippen LogP contribution in [0.4, 0.5) is 5.69 Å². The molecule has 1 amide bonds. The maximum atomic E-state index is 11.8. The van der Waals surface area contributed by atoms with Crippen LogP contribution in [0.2, 0.25) is 0 Å². The lowest BCUT2D eigenvalue weighted by Gasteiger charge is -2.25. The Labute approximate surface area is 118 Å². The van der Waals surface area contributed by atoms with Crippen molar-refractivity contribution in [2.45, 2.75) is 37.9 Å².